The third-order valence-corrected chi connectivity index (χ3v) is 3.28. The van der Waals surface area contributed by atoms with Crippen molar-refractivity contribution in [3.05, 3.63) is 65.8 Å². The number of hydrogen-bond acceptors (Lipinski definition) is 5. The topological polar surface area (TPSA) is 77.2 Å². The van der Waals surface area contributed by atoms with Gasteiger partial charge in [-0.3, -0.25) is 4.79 Å². The van der Waals surface area contributed by atoms with Crippen LogP contribution in [0, 0.1) is 5.82 Å². The number of aromatic nitrogens is 2. The summed E-state index contributed by atoms with van der Waals surface area (Å²) in [6, 6.07) is 12.5. The molecule has 122 valence electrons. The fourth-order valence-corrected chi connectivity index (χ4v) is 2.02. The van der Waals surface area contributed by atoms with E-state index in [9.17, 15) is 9.18 Å². The lowest BCUT2D eigenvalue weighted by molar-refractivity contribution is 0.0963. The molecule has 3 rings (SSSR count). The molecule has 6 nitrogen and oxygen atoms in total. The first kappa shape index (κ1) is 15.7. The Labute approximate surface area is 137 Å². The van der Waals surface area contributed by atoms with Crippen LogP contribution < -0.4 is 10.1 Å². The van der Waals surface area contributed by atoms with Gasteiger partial charge in [-0.05, 0) is 48.5 Å². The van der Waals surface area contributed by atoms with Gasteiger partial charge in [0.15, 0.2) is 6.61 Å². The molecule has 1 heterocycles. The van der Waals surface area contributed by atoms with E-state index in [1.165, 1.54) is 12.1 Å². The van der Waals surface area contributed by atoms with Gasteiger partial charge in [0.05, 0.1) is 0 Å². The number of hydrogen-bond donors (Lipinski definition) is 1. The summed E-state index contributed by atoms with van der Waals surface area (Å²) in [6.07, 6.45) is 0. The van der Waals surface area contributed by atoms with Gasteiger partial charge in [0.1, 0.15) is 11.6 Å². The first-order chi connectivity index (χ1) is 11.7. The lowest BCUT2D eigenvalue weighted by atomic mass is 10.2. The summed E-state index contributed by atoms with van der Waals surface area (Å²) in [5.74, 6) is 0.742. The Balaban J connectivity index is 1.63. The van der Waals surface area contributed by atoms with Crippen molar-refractivity contribution in [3.63, 3.8) is 0 Å². The van der Waals surface area contributed by atoms with Crippen LogP contribution in [-0.2, 0) is 6.61 Å². The van der Waals surface area contributed by atoms with Gasteiger partial charge in [-0.2, -0.15) is 4.98 Å². The van der Waals surface area contributed by atoms with Crippen molar-refractivity contribution in [3.8, 4) is 17.1 Å². The van der Waals surface area contributed by atoms with E-state index in [1.54, 1.807) is 43.4 Å². The maximum absolute atomic E-state index is 12.9. The van der Waals surface area contributed by atoms with Crippen molar-refractivity contribution in [1.29, 1.82) is 0 Å². The van der Waals surface area contributed by atoms with Crippen LogP contribution in [-0.4, -0.2) is 23.1 Å². The molecule has 7 heteroatoms. The largest absolute Gasteiger partial charge is 0.484 e. The third-order valence-electron chi connectivity index (χ3n) is 3.28. The van der Waals surface area contributed by atoms with E-state index in [0.29, 0.717) is 28.6 Å². The molecule has 1 N–H and O–H groups in total. The van der Waals surface area contributed by atoms with E-state index >= 15 is 0 Å². The maximum Gasteiger partial charge on any atom is 0.264 e. The quantitative estimate of drug-likeness (QED) is 0.780. The molecule has 0 aliphatic carbocycles. The number of nitrogens with zero attached hydrogens (tertiary/aromatic N) is 2. The lowest BCUT2D eigenvalue weighted by Crippen LogP contribution is -2.17. The highest BCUT2D eigenvalue weighted by atomic mass is 19.1. The number of carbonyl (C=O) groups excluding carboxylic acids is 1. The highest BCUT2D eigenvalue weighted by Crippen LogP contribution is 2.18. The van der Waals surface area contributed by atoms with E-state index < -0.39 is 0 Å². The first-order valence-corrected chi connectivity index (χ1v) is 7.19. The number of amides is 1. The number of rotatable bonds is 5. The third kappa shape index (κ3) is 3.57. The second kappa shape index (κ2) is 6.91. The van der Waals surface area contributed by atoms with Crippen molar-refractivity contribution in [2.24, 2.45) is 0 Å². The van der Waals surface area contributed by atoms with Gasteiger partial charge in [-0.15, -0.1) is 0 Å². The van der Waals surface area contributed by atoms with Crippen LogP contribution in [0.1, 0.15) is 16.2 Å². The zero-order chi connectivity index (χ0) is 16.9. The molecule has 24 heavy (non-hydrogen) atoms. The zero-order valence-electron chi connectivity index (χ0n) is 12.8. The summed E-state index contributed by atoms with van der Waals surface area (Å²) in [6.45, 7) is 0.0908. The molecule has 0 aliphatic rings. The number of halogens is 1. The van der Waals surface area contributed by atoms with Crippen molar-refractivity contribution in [2.45, 2.75) is 6.61 Å². The van der Waals surface area contributed by atoms with Gasteiger partial charge in [0.2, 0.25) is 5.82 Å². The van der Waals surface area contributed by atoms with Crippen molar-refractivity contribution >= 4 is 5.91 Å². The standard InChI is InChI=1S/C17H14FN3O3/c1-19-17(22)12-4-8-14(9-5-12)23-10-15-20-16(21-24-15)11-2-6-13(18)7-3-11/h2-9H,10H2,1H3,(H,19,22). The molecule has 0 saturated heterocycles. The first-order valence-electron chi connectivity index (χ1n) is 7.19. The molecule has 0 bridgehead atoms. The number of benzene rings is 2. The molecule has 2 aromatic carbocycles. The minimum atomic E-state index is -0.328. The lowest BCUT2D eigenvalue weighted by Gasteiger charge is -2.04. The van der Waals surface area contributed by atoms with Gasteiger partial charge in [0.25, 0.3) is 11.8 Å². The molecule has 0 spiro atoms. The molecular formula is C17H14FN3O3. The van der Waals surface area contributed by atoms with Crippen LogP contribution in [0.25, 0.3) is 11.4 Å². The molecular weight excluding hydrogens is 313 g/mol. The van der Waals surface area contributed by atoms with Gasteiger partial charge in [-0.1, -0.05) is 5.16 Å². The average Bonchev–Trinajstić information content (AvgIpc) is 3.09. The van der Waals surface area contributed by atoms with Crippen LogP contribution in [0.3, 0.4) is 0 Å². The fraction of sp³-hybridized carbons (Fsp3) is 0.118. The number of nitrogens with one attached hydrogen (secondary N) is 1. The molecule has 0 saturated carbocycles. The Bertz CT molecular complexity index is 829. The minimum Gasteiger partial charge on any atom is -0.484 e. The molecule has 0 aliphatic heterocycles. The summed E-state index contributed by atoms with van der Waals surface area (Å²) in [7, 11) is 1.57. The molecule has 0 radical (unpaired) electrons. The van der Waals surface area contributed by atoms with Gasteiger partial charge < -0.3 is 14.6 Å². The molecule has 1 aromatic heterocycles. The van der Waals surface area contributed by atoms with E-state index in [4.69, 9.17) is 9.26 Å². The molecule has 3 aromatic rings. The minimum absolute atomic E-state index is 0.0908. The Hall–Kier alpha value is -3.22. The Morgan fingerprint density at radius 3 is 2.54 bits per heavy atom. The highest BCUT2D eigenvalue weighted by molar-refractivity contribution is 5.94. The Morgan fingerprint density at radius 1 is 1.17 bits per heavy atom. The van der Waals surface area contributed by atoms with E-state index in [2.05, 4.69) is 15.5 Å². The normalized spacial score (nSPS) is 10.4. The maximum atomic E-state index is 12.9. The van der Waals surface area contributed by atoms with Gasteiger partial charge in [0, 0.05) is 18.2 Å². The summed E-state index contributed by atoms with van der Waals surface area (Å²) >= 11 is 0. The predicted molar refractivity (Wildman–Crippen MR) is 83.9 cm³/mol. The van der Waals surface area contributed by atoms with Crippen LogP contribution in [0.2, 0.25) is 0 Å². The van der Waals surface area contributed by atoms with Gasteiger partial charge in [-0.25, -0.2) is 4.39 Å². The second-order valence-corrected chi connectivity index (χ2v) is 4.91. The summed E-state index contributed by atoms with van der Waals surface area (Å²) in [4.78, 5) is 15.6. The SMILES string of the molecule is CNC(=O)c1ccc(OCc2nc(-c3ccc(F)cc3)no2)cc1. The fourth-order valence-electron chi connectivity index (χ4n) is 2.02. The monoisotopic (exact) mass is 327 g/mol. The summed E-state index contributed by atoms with van der Waals surface area (Å²) < 4.78 is 23.6. The second-order valence-electron chi connectivity index (χ2n) is 4.91. The van der Waals surface area contributed by atoms with Crippen molar-refractivity contribution in [2.75, 3.05) is 7.05 Å². The highest BCUT2D eigenvalue weighted by Gasteiger charge is 2.10. The van der Waals surface area contributed by atoms with E-state index in [1.807, 2.05) is 0 Å². The van der Waals surface area contributed by atoms with Crippen LogP contribution >= 0.6 is 0 Å². The van der Waals surface area contributed by atoms with Crippen LogP contribution in [0.15, 0.2) is 53.1 Å². The van der Waals surface area contributed by atoms with Gasteiger partial charge >= 0.3 is 0 Å². The summed E-state index contributed by atoms with van der Waals surface area (Å²) in [5, 5.41) is 6.38. The van der Waals surface area contributed by atoms with Crippen molar-refractivity contribution in [1.82, 2.24) is 15.5 Å². The smallest absolute Gasteiger partial charge is 0.264 e. The zero-order valence-corrected chi connectivity index (χ0v) is 12.8. The molecule has 0 fully saturated rings. The molecule has 0 unspecified atom stereocenters. The van der Waals surface area contributed by atoms with E-state index in [-0.39, 0.29) is 18.3 Å². The Kier molecular flexibility index (Phi) is 4.51. The number of ether oxygens (including phenoxy) is 1. The molecule has 1 amide bonds. The molecule has 0 atom stereocenters. The number of carbonyl (C=O) groups is 1. The van der Waals surface area contributed by atoms with Crippen molar-refractivity contribution < 1.29 is 18.4 Å². The Morgan fingerprint density at radius 2 is 1.88 bits per heavy atom. The van der Waals surface area contributed by atoms with Crippen LogP contribution in [0.5, 0.6) is 5.75 Å². The van der Waals surface area contributed by atoms with E-state index in [0.717, 1.165) is 0 Å². The average molecular weight is 327 g/mol. The predicted octanol–water partition coefficient (Wildman–Crippen LogP) is 2.81. The summed E-state index contributed by atoms with van der Waals surface area (Å²) in [5.41, 5.74) is 1.20. The van der Waals surface area contributed by atoms with Crippen LogP contribution in [0.4, 0.5) is 4.39 Å².